The van der Waals surface area contributed by atoms with Crippen LogP contribution in [-0.2, 0) is 10.1 Å². The zero-order valence-corrected chi connectivity index (χ0v) is 20.2. The Morgan fingerprint density at radius 1 is 0.552 bits per heavy atom. The maximum atomic E-state index is 11.7. The van der Waals surface area contributed by atoms with E-state index in [0.29, 0.717) is 12.8 Å². The lowest BCUT2D eigenvalue weighted by Crippen LogP contribution is -2.33. The topological polar surface area (TPSA) is 74.6 Å². The van der Waals surface area contributed by atoms with E-state index in [-0.39, 0.29) is 0 Å². The third kappa shape index (κ3) is 18.4. The van der Waals surface area contributed by atoms with Crippen LogP contribution in [0.2, 0.25) is 0 Å². The molecule has 0 heterocycles. The molecule has 0 amide bonds. The summed E-state index contributed by atoms with van der Waals surface area (Å²) in [6.07, 6.45) is 21.2. The molecule has 0 saturated heterocycles. The molecule has 0 aromatic rings. The average Bonchev–Trinajstić information content (AvgIpc) is 2.67. The molecular weight excluding hydrogens is 384 g/mol. The minimum atomic E-state index is -4.18. The van der Waals surface area contributed by atoms with E-state index < -0.39 is 21.5 Å². The van der Waals surface area contributed by atoms with Crippen molar-refractivity contribution in [2.24, 2.45) is 0 Å². The minimum Gasteiger partial charge on any atom is -0.392 e. The van der Waals surface area contributed by atoms with Gasteiger partial charge in [-0.05, 0) is 12.8 Å². The normalized spacial score (nSPS) is 14.2. The molecule has 2 N–H and O–H groups in total. The van der Waals surface area contributed by atoms with Crippen LogP contribution in [0.4, 0.5) is 0 Å². The molecule has 0 aromatic carbocycles. The van der Waals surface area contributed by atoms with Crippen molar-refractivity contribution in [1.82, 2.24) is 0 Å². The Morgan fingerprint density at radius 3 is 1.21 bits per heavy atom. The Balaban J connectivity index is 3.81. The Hall–Kier alpha value is -0.130. The number of hydrogen-bond donors (Lipinski definition) is 2. The molecule has 0 spiro atoms. The second-order valence-electron chi connectivity index (χ2n) is 8.85. The highest BCUT2D eigenvalue weighted by molar-refractivity contribution is 7.86. The van der Waals surface area contributed by atoms with Crippen molar-refractivity contribution in [2.45, 2.75) is 154 Å². The first kappa shape index (κ1) is 28.9. The summed E-state index contributed by atoms with van der Waals surface area (Å²) >= 11 is 0. The number of aliphatic hydroxyl groups excluding tert-OH is 1. The second kappa shape index (κ2) is 19.8. The molecule has 0 saturated carbocycles. The quantitative estimate of drug-likeness (QED) is 0.137. The van der Waals surface area contributed by atoms with Gasteiger partial charge >= 0.3 is 0 Å². The summed E-state index contributed by atoms with van der Waals surface area (Å²) in [6.45, 7) is 4.43. The van der Waals surface area contributed by atoms with Crippen LogP contribution in [0.1, 0.15) is 142 Å². The maximum Gasteiger partial charge on any atom is 0.270 e. The van der Waals surface area contributed by atoms with E-state index >= 15 is 0 Å². The first-order chi connectivity index (χ1) is 13.9. The SMILES string of the molecule is CCCCCCCCCCCCCC(O)C(CCCCCCCCC)S(=O)(=O)O. The molecule has 4 nitrogen and oxygen atoms in total. The average molecular weight is 435 g/mol. The summed E-state index contributed by atoms with van der Waals surface area (Å²) in [5.41, 5.74) is 0. The fourth-order valence-electron chi connectivity index (χ4n) is 4.05. The van der Waals surface area contributed by atoms with Crippen molar-refractivity contribution < 1.29 is 18.1 Å². The largest absolute Gasteiger partial charge is 0.392 e. The highest BCUT2D eigenvalue weighted by atomic mass is 32.2. The molecule has 0 aliphatic rings. The molecule has 0 aromatic heterocycles. The van der Waals surface area contributed by atoms with E-state index in [4.69, 9.17) is 0 Å². The lowest BCUT2D eigenvalue weighted by Gasteiger charge is -2.20. The monoisotopic (exact) mass is 434 g/mol. The van der Waals surface area contributed by atoms with Crippen LogP contribution in [0.5, 0.6) is 0 Å². The molecule has 176 valence electrons. The van der Waals surface area contributed by atoms with Gasteiger partial charge in [0.2, 0.25) is 0 Å². The zero-order valence-electron chi connectivity index (χ0n) is 19.4. The molecule has 0 bridgehead atoms. The second-order valence-corrected chi connectivity index (χ2v) is 10.5. The van der Waals surface area contributed by atoms with Gasteiger partial charge in [-0.2, -0.15) is 8.42 Å². The number of unbranched alkanes of at least 4 members (excludes halogenated alkanes) is 16. The Kier molecular flexibility index (Phi) is 19.7. The van der Waals surface area contributed by atoms with Crippen LogP contribution in [0.15, 0.2) is 0 Å². The van der Waals surface area contributed by atoms with Crippen molar-refractivity contribution in [3.05, 3.63) is 0 Å². The van der Waals surface area contributed by atoms with Crippen molar-refractivity contribution in [3.63, 3.8) is 0 Å². The summed E-state index contributed by atoms with van der Waals surface area (Å²) < 4.78 is 32.9. The fourth-order valence-corrected chi connectivity index (χ4v) is 5.04. The first-order valence-electron chi connectivity index (χ1n) is 12.6. The number of aliphatic hydroxyl groups is 1. The number of hydrogen-bond acceptors (Lipinski definition) is 3. The van der Waals surface area contributed by atoms with Crippen LogP contribution >= 0.6 is 0 Å². The molecule has 5 heteroatoms. The smallest absolute Gasteiger partial charge is 0.270 e. The third-order valence-electron chi connectivity index (χ3n) is 6.01. The summed E-state index contributed by atoms with van der Waals surface area (Å²) in [7, 11) is -4.18. The standard InChI is InChI=1S/C24H50O4S/c1-3-5-7-9-11-12-13-14-16-17-19-21-23(25)24(29(26,27)28)22-20-18-15-10-8-6-4-2/h23-25H,3-22H2,1-2H3,(H,26,27,28). The van der Waals surface area contributed by atoms with Gasteiger partial charge in [0.25, 0.3) is 10.1 Å². The lowest BCUT2D eigenvalue weighted by atomic mass is 10.0. The maximum absolute atomic E-state index is 11.7. The van der Waals surface area contributed by atoms with E-state index in [9.17, 15) is 18.1 Å². The van der Waals surface area contributed by atoms with E-state index in [0.717, 1.165) is 38.5 Å². The van der Waals surface area contributed by atoms with Gasteiger partial charge in [0.1, 0.15) is 5.25 Å². The minimum absolute atomic E-state index is 0.367. The van der Waals surface area contributed by atoms with Gasteiger partial charge in [0.15, 0.2) is 0 Å². The lowest BCUT2D eigenvalue weighted by molar-refractivity contribution is 0.146. The molecule has 2 atom stereocenters. The fraction of sp³-hybridized carbons (Fsp3) is 1.00. The summed E-state index contributed by atoms with van der Waals surface area (Å²) in [4.78, 5) is 0. The van der Waals surface area contributed by atoms with E-state index in [1.807, 2.05) is 0 Å². The van der Waals surface area contributed by atoms with E-state index in [1.54, 1.807) is 0 Å². The van der Waals surface area contributed by atoms with Crippen molar-refractivity contribution in [2.75, 3.05) is 0 Å². The van der Waals surface area contributed by atoms with Crippen molar-refractivity contribution in [1.29, 1.82) is 0 Å². The number of rotatable bonds is 22. The van der Waals surface area contributed by atoms with Crippen molar-refractivity contribution in [3.8, 4) is 0 Å². The summed E-state index contributed by atoms with van der Waals surface area (Å²) in [6, 6.07) is 0. The van der Waals surface area contributed by atoms with Gasteiger partial charge in [-0.25, -0.2) is 0 Å². The van der Waals surface area contributed by atoms with E-state index in [2.05, 4.69) is 13.8 Å². The van der Waals surface area contributed by atoms with Crippen LogP contribution in [0.25, 0.3) is 0 Å². The summed E-state index contributed by atoms with van der Waals surface area (Å²) in [5.74, 6) is 0. The molecule has 0 rings (SSSR count). The van der Waals surface area contributed by atoms with Gasteiger partial charge in [-0.15, -0.1) is 0 Å². The molecule has 0 radical (unpaired) electrons. The third-order valence-corrected chi connectivity index (χ3v) is 7.32. The van der Waals surface area contributed by atoms with Gasteiger partial charge in [-0.3, -0.25) is 4.55 Å². The van der Waals surface area contributed by atoms with Gasteiger partial charge in [0, 0.05) is 0 Å². The van der Waals surface area contributed by atoms with Crippen LogP contribution in [-0.4, -0.2) is 29.4 Å². The van der Waals surface area contributed by atoms with Crippen LogP contribution < -0.4 is 0 Å². The molecule has 0 aliphatic carbocycles. The van der Waals surface area contributed by atoms with E-state index in [1.165, 1.54) is 77.0 Å². The molecule has 0 fully saturated rings. The highest BCUT2D eigenvalue weighted by Crippen LogP contribution is 2.20. The van der Waals surface area contributed by atoms with Crippen LogP contribution in [0.3, 0.4) is 0 Å². The molecular formula is C24H50O4S. The summed E-state index contributed by atoms with van der Waals surface area (Å²) in [5, 5.41) is 9.31. The van der Waals surface area contributed by atoms with Gasteiger partial charge in [-0.1, -0.05) is 129 Å². The van der Waals surface area contributed by atoms with Crippen LogP contribution in [0, 0.1) is 0 Å². The predicted octanol–water partition coefficient (Wildman–Crippen LogP) is 7.45. The Bertz CT molecular complexity index is 436. The molecule has 0 aliphatic heterocycles. The van der Waals surface area contributed by atoms with Gasteiger partial charge < -0.3 is 5.11 Å². The first-order valence-corrected chi connectivity index (χ1v) is 14.1. The highest BCUT2D eigenvalue weighted by Gasteiger charge is 2.29. The molecule has 2 unspecified atom stereocenters. The zero-order chi connectivity index (χ0) is 21.8. The Morgan fingerprint density at radius 2 is 0.862 bits per heavy atom. The predicted molar refractivity (Wildman–Crippen MR) is 125 cm³/mol. The van der Waals surface area contributed by atoms with Gasteiger partial charge in [0.05, 0.1) is 6.10 Å². The Labute approximate surface area is 182 Å². The molecule has 29 heavy (non-hydrogen) atoms. The van der Waals surface area contributed by atoms with Crippen molar-refractivity contribution >= 4 is 10.1 Å².